The Kier molecular flexibility index (Phi) is 9.08. The summed E-state index contributed by atoms with van der Waals surface area (Å²) in [6.45, 7) is 9.81. The van der Waals surface area contributed by atoms with Crippen molar-refractivity contribution in [2.75, 3.05) is 19.8 Å². The van der Waals surface area contributed by atoms with Crippen LogP contribution < -0.4 is 24.4 Å². The number of carbonyl (C=O) groups is 1. The second-order valence-corrected chi connectivity index (χ2v) is 11.0. The third kappa shape index (κ3) is 5.68. The maximum Gasteiger partial charge on any atom is 0.338 e. The number of fused-ring (bicyclic) bond motifs is 1. The number of hydrogen-bond donors (Lipinski definition) is 0. The highest BCUT2D eigenvalue weighted by molar-refractivity contribution is 14.1. The molecule has 0 radical (unpaired) electrons. The molecule has 0 saturated carbocycles. The molecular weight excluding hydrogens is 649 g/mol. The summed E-state index contributed by atoms with van der Waals surface area (Å²) in [4.78, 5) is 43.2. The summed E-state index contributed by atoms with van der Waals surface area (Å²) in [5.74, 6) is 0.577. The Hall–Kier alpha value is -3.52. The van der Waals surface area contributed by atoms with Crippen molar-refractivity contribution in [1.29, 1.82) is 0 Å². The van der Waals surface area contributed by atoms with E-state index in [1.807, 2.05) is 26.0 Å². The molecule has 40 heavy (non-hydrogen) atoms. The van der Waals surface area contributed by atoms with Gasteiger partial charge in [-0.1, -0.05) is 23.5 Å². The number of nitro groups is 1. The molecule has 0 N–H and O–H groups in total. The zero-order chi connectivity index (χ0) is 29.1. The van der Waals surface area contributed by atoms with Crippen LogP contribution in [0, 0.1) is 20.6 Å². The lowest BCUT2D eigenvalue weighted by Crippen LogP contribution is -2.40. The zero-order valence-corrected chi connectivity index (χ0v) is 25.6. The van der Waals surface area contributed by atoms with E-state index >= 15 is 0 Å². The molecule has 1 aromatic heterocycles. The van der Waals surface area contributed by atoms with E-state index in [0.29, 0.717) is 50.9 Å². The maximum absolute atomic E-state index is 13.9. The number of ether oxygens (including phenoxy) is 3. The van der Waals surface area contributed by atoms with Crippen molar-refractivity contribution in [3.8, 4) is 11.5 Å². The Bertz CT molecular complexity index is 1710. The average molecular weight is 678 g/mol. The van der Waals surface area contributed by atoms with Crippen molar-refractivity contribution in [3.05, 3.63) is 91.7 Å². The molecule has 0 fully saturated rings. The van der Waals surface area contributed by atoms with E-state index in [9.17, 15) is 19.7 Å². The van der Waals surface area contributed by atoms with Crippen LogP contribution >= 0.6 is 33.9 Å². The van der Waals surface area contributed by atoms with Crippen LogP contribution in [0.25, 0.3) is 6.08 Å². The van der Waals surface area contributed by atoms with Crippen LogP contribution in [0.5, 0.6) is 11.5 Å². The predicted octanol–water partition coefficient (Wildman–Crippen LogP) is 4.42. The van der Waals surface area contributed by atoms with E-state index < -0.39 is 16.9 Å². The first-order chi connectivity index (χ1) is 19.1. The van der Waals surface area contributed by atoms with Crippen LogP contribution in [-0.2, 0) is 9.53 Å². The summed E-state index contributed by atoms with van der Waals surface area (Å²) >= 11 is 3.34. The van der Waals surface area contributed by atoms with Gasteiger partial charge in [-0.15, -0.1) is 0 Å². The molecule has 2 aromatic carbocycles. The molecule has 2 heterocycles. The summed E-state index contributed by atoms with van der Waals surface area (Å²) in [5.41, 5.74) is 1.66. The molecule has 0 aliphatic carbocycles. The van der Waals surface area contributed by atoms with Crippen LogP contribution in [0.1, 0.15) is 50.4 Å². The third-order valence-corrected chi connectivity index (χ3v) is 7.97. The minimum atomic E-state index is -0.948. The summed E-state index contributed by atoms with van der Waals surface area (Å²) in [6.07, 6.45) is 1.74. The van der Waals surface area contributed by atoms with E-state index in [0.717, 1.165) is 9.13 Å². The highest BCUT2D eigenvalue weighted by Crippen LogP contribution is 2.35. The normalized spacial score (nSPS) is 14.9. The van der Waals surface area contributed by atoms with Crippen LogP contribution in [0.2, 0.25) is 0 Å². The van der Waals surface area contributed by atoms with Gasteiger partial charge in [-0.25, -0.2) is 9.79 Å². The molecule has 3 aromatic rings. The fourth-order valence-corrected chi connectivity index (χ4v) is 6.30. The molecule has 1 aliphatic heterocycles. The lowest BCUT2D eigenvalue weighted by Gasteiger charge is -2.24. The van der Waals surface area contributed by atoms with Crippen molar-refractivity contribution < 1.29 is 23.9 Å². The predicted molar refractivity (Wildman–Crippen MR) is 160 cm³/mol. The number of aryl methyl sites for hydroxylation is 1. The van der Waals surface area contributed by atoms with Crippen molar-refractivity contribution in [3.63, 3.8) is 0 Å². The number of aromatic nitrogens is 1. The number of rotatable bonds is 9. The number of nitro benzene ring substituents is 1. The Labute approximate surface area is 247 Å². The smallest absolute Gasteiger partial charge is 0.338 e. The van der Waals surface area contributed by atoms with Crippen molar-refractivity contribution in [1.82, 2.24) is 4.57 Å². The second kappa shape index (κ2) is 12.3. The zero-order valence-electron chi connectivity index (χ0n) is 22.6. The SMILES string of the molecule is CCOC(=O)C1=C(C)N=c2s/c(=C/c3cc(I)c(OCC)c(OCC)c3)c(=O)n2[C@H]1c1ccc(C)c([N+](=O)[O-])c1. The molecule has 0 spiro atoms. The van der Waals surface area contributed by atoms with E-state index in [1.54, 1.807) is 39.0 Å². The number of allylic oxidation sites excluding steroid dienone is 1. The lowest BCUT2D eigenvalue weighted by atomic mass is 9.94. The van der Waals surface area contributed by atoms with Crippen molar-refractivity contribution in [2.45, 2.75) is 40.7 Å². The van der Waals surface area contributed by atoms with Gasteiger partial charge in [-0.05, 0) is 86.5 Å². The highest BCUT2D eigenvalue weighted by Gasteiger charge is 2.34. The first-order valence-corrected chi connectivity index (χ1v) is 14.5. The molecule has 0 bridgehead atoms. The number of carbonyl (C=O) groups excluding carboxylic acids is 1. The average Bonchev–Trinajstić information content (AvgIpc) is 3.19. The standard InChI is InChI=1S/C28H28IN3O7S/c1-6-37-21-12-17(11-19(29)25(21)38-7-2)13-22-26(33)31-24(18-10-9-15(4)20(14-18)32(35)36)23(27(34)39-8-3)16(5)30-28(31)40-22/h9-14,24H,6-8H2,1-5H3/b22-13+/t24-/m0/s1. The van der Waals surface area contributed by atoms with Gasteiger partial charge in [-0.3, -0.25) is 19.5 Å². The van der Waals surface area contributed by atoms with Crippen LogP contribution in [0.15, 0.2) is 51.4 Å². The Balaban J connectivity index is 1.96. The number of nitrogens with zero attached hydrogens (tertiary/aromatic N) is 3. The molecular formula is C28H28IN3O7S. The molecule has 1 aliphatic rings. The van der Waals surface area contributed by atoms with Gasteiger partial charge in [0.05, 0.1) is 50.2 Å². The van der Waals surface area contributed by atoms with Gasteiger partial charge >= 0.3 is 5.97 Å². The summed E-state index contributed by atoms with van der Waals surface area (Å²) < 4.78 is 19.5. The summed E-state index contributed by atoms with van der Waals surface area (Å²) in [5, 5.41) is 11.7. The molecule has 1 atom stereocenters. The van der Waals surface area contributed by atoms with Crippen molar-refractivity contribution >= 4 is 51.7 Å². The lowest BCUT2D eigenvalue weighted by molar-refractivity contribution is -0.385. The Morgan fingerprint density at radius 3 is 2.52 bits per heavy atom. The second-order valence-electron chi connectivity index (χ2n) is 8.80. The Morgan fingerprint density at radius 2 is 1.88 bits per heavy atom. The summed E-state index contributed by atoms with van der Waals surface area (Å²) in [6, 6.07) is 7.45. The number of thiazole rings is 1. The summed E-state index contributed by atoms with van der Waals surface area (Å²) in [7, 11) is 0. The molecule has 0 saturated heterocycles. The van der Waals surface area contributed by atoms with E-state index in [-0.39, 0.29) is 23.4 Å². The van der Waals surface area contributed by atoms with Gasteiger partial charge in [0.15, 0.2) is 16.3 Å². The van der Waals surface area contributed by atoms with E-state index in [1.165, 1.54) is 22.0 Å². The van der Waals surface area contributed by atoms with Gasteiger partial charge in [0.25, 0.3) is 11.2 Å². The minimum Gasteiger partial charge on any atom is -0.490 e. The molecule has 210 valence electrons. The maximum atomic E-state index is 13.9. The van der Waals surface area contributed by atoms with Gasteiger partial charge in [-0.2, -0.15) is 0 Å². The van der Waals surface area contributed by atoms with Crippen molar-refractivity contribution in [2.24, 2.45) is 4.99 Å². The molecule has 4 rings (SSSR count). The van der Waals surface area contributed by atoms with Gasteiger partial charge in [0, 0.05) is 11.6 Å². The quantitative estimate of drug-likeness (QED) is 0.142. The molecule has 0 unspecified atom stereocenters. The van der Waals surface area contributed by atoms with Gasteiger partial charge in [0.1, 0.15) is 0 Å². The molecule has 12 heteroatoms. The van der Waals surface area contributed by atoms with E-state index in [4.69, 9.17) is 14.2 Å². The number of benzene rings is 2. The monoisotopic (exact) mass is 677 g/mol. The topological polar surface area (TPSA) is 122 Å². The third-order valence-electron chi connectivity index (χ3n) is 6.18. The van der Waals surface area contributed by atoms with Crippen LogP contribution in [0.3, 0.4) is 0 Å². The molecule has 0 amide bonds. The first kappa shape index (κ1) is 29.5. The fraction of sp³-hybridized carbons (Fsp3) is 0.321. The first-order valence-electron chi connectivity index (χ1n) is 12.6. The van der Waals surface area contributed by atoms with Crippen LogP contribution in [-0.4, -0.2) is 35.3 Å². The number of hydrogen-bond acceptors (Lipinski definition) is 9. The van der Waals surface area contributed by atoms with Gasteiger partial charge < -0.3 is 14.2 Å². The number of esters is 1. The molecule has 10 nitrogen and oxygen atoms in total. The van der Waals surface area contributed by atoms with E-state index in [2.05, 4.69) is 27.6 Å². The Morgan fingerprint density at radius 1 is 1.15 bits per heavy atom. The van der Waals surface area contributed by atoms with Gasteiger partial charge in [0.2, 0.25) is 0 Å². The minimum absolute atomic E-state index is 0.107. The largest absolute Gasteiger partial charge is 0.490 e. The number of halogens is 1. The van der Waals surface area contributed by atoms with Crippen LogP contribution in [0.4, 0.5) is 5.69 Å². The highest BCUT2D eigenvalue weighted by atomic mass is 127. The fourth-order valence-electron chi connectivity index (χ4n) is 4.47.